The van der Waals surface area contributed by atoms with E-state index in [1.165, 1.54) is 0 Å². The maximum Gasteiger partial charge on any atom is 0.260 e. The lowest BCUT2D eigenvalue weighted by Crippen LogP contribution is -2.53. The molecule has 0 aromatic heterocycles. The Bertz CT molecular complexity index is 3690. The summed E-state index contributed by atoms with van der Waals surface area (Å²) in [6.07, 6.45) is 5.53. The topological polar surface area (TPSA) is 31.4 Å². The van der Waals surface area contributed by atoms with Crippen molar-refractivity contribution in [2.75, 3.05) is 19.6 Å². The fraction of sp³-hybridized carbons (Fsp3) is 0.0303. The number of benzene rings is 10. The highest BCUT2D eigenvalue weighted by Crippen LogP contribution is 2.48. The van der Waals surface area contributed by atoms with Crippen LogP contribution in [0.25, 0.3) is 0 Å². The van der Waals surface area contributed by atoms with E-state index >= 15 is 0 Å². The van der Waals surface area contributed by atoms with Gasteiger partial charge in [0.2, 0.25) is 0 Å². The molecule has 0 saturated heterocycles. The molecule has 3 aliphatic heterocycles. The van der Waals surface area contributed by atoms with Gasteiger partial charge in [-0.15, -0.1) is 0 Å². The average Bonchev–Trinajstić information content (AvgIpc) is 3.47. The van der Waals surface area contributed by atoms with Crippen LogP contribution >= 0.6 is 0 Å². The summed E-state index contributed by atoms with van der Waals surface area (Å²) in [5, 5.41) is 0. The van der Waals surface area contributed by atoms with Gasteiger partial charge in [-0.1, -0.05) is 157 Å². The van der Waals surface area contributed by atoms with Crippen molar-refractivity contribution < 1.29 is 9.47 Å². The van der Waals surface area contributed by atoms with Crippen LogP contribution in [0.15, 0.2) is 278 Å². The molecule has 10 aromatic carbocycles. The maximum atomic E-state index is 7.36. The zero-order valence-corrected chi connectivity index (χ0v) is 40.4. The Morgan fingerprint density at radius 3 is 1.55 bits per heavy atom. The summed E-state index contributed by atoms with van der Waals surface area (Å²) in [4.78, 5) is 9.62. The monoisotopic (exact) mass is 949 g/mol. The van der Waals surface area contributed by atoms with Crippen LogP contribution in [0.5, 0.6) is 17.2 Å². The molecular weight excluding hydrogens is 902 g/mol. The molecule has 0 saturated carbocycles. The highest BCUT2D eigenvalue weighted by molar-refractivity contribution is 6.94. The Labute approximate surface area is 433 Å². The van der Waals surface area contributed by atoms with Crippen molar-refractivity contribution >= 4 is 98.4 Å². The standard InChI is InChI=1S/C66H47B2N4O2/c1-7-23-46(24-8-1)69(47-25-9-2-10-26-47)53-41-59(65-60(42-53)72(51-33-17-6-18-34-51)58-37-21-19-35-55(58)67-65)71(50-31-15-5-16-32-50)52-39-40-57-62(43-52)74-64-45-54(44-63-66(64)68(57)56-36-20-22-38-61(56)73-63)70(48-27-11-3-12-28-48)49-29-13-4-14-30-49/h1-38,40-45,52H,39H2. The highest BCUT2D eigenvalue weighted by Gasteiger charge is 2.44. The van der Waals surface area contributed by atoms with Crippen molar-refractivity contribution in [2.45, 2.75) is 12.5 Å². The van der Waals surface area contributed by atoms with Crippen molar-refractivity contribution in [3.8, 4) is 17.2 Å². The summed E-state index contributed by atoms with van der Waals surface area (Å²) in [7, 11) is 2.38. The molecule has 1 aliphatic carbocycles. The van der Waals surface area contributed by atoms with Gasteiger partial charge in [-0.05, 0) is 126 Å². The largest absolute Gasteiger partial charge is 0.458 e. The van der Waals surface area contributed by atoms with E-state index in [2.05, 4.69) is 294 Å². The van der Waals surface area contributed by atoms with Crippen molar-refractivity contribution in [3.05, 3.63) is 278 Å². The molecule has 0 spiro atoms. The number of hydrogen-bond acceptors (Lipinski definition) is 6. The molecule has 0 amide bonds. The molecule has 1 radical (unpaired) electrons. The summed E-state index contributed by atoms with van der Waals surface area (Å²) >= 11 is 0. The lowest BCUT2D eigenvalue weighted by Gasteiger charge is -2.42. The Morgan fingerprint density at radius 2 is 0.946 bits per heavy atom. The SMILES string of the molecule is [B]1c2ccccc2N(c2ccccc2)c2cc(N(c3ccccc3)c3ccccc3)cc(N(c3ccccc3)C3C=C4Oc5cc(N(c6ccccc6)c6ccccc6)cc6c5B(C4=CC3)c3ccccc3O6)c21. The van der Waals surface area contributed by atoms with E-state index in [9.17, 15) is 0 Å². The van der Waals surface area contributed by atoms with Crippen LogP contribution in [-0.2, 0) is 0 Å². The van der Waals surface area contributed by atoms with E-state index in [4.69, 9.17) is 9.47 Å². The fourth-order valence-corrected chi connectivity index (χ4v) is 11.4. The number of fused-ring (bicyclic) bond motifs is 6. The Hall–Kier alpha value is -9.39. The van der Waals surface area contributed by atoms with Crippen molar-refractivity contribution in [1.82, 2.24) is 0 Å². The second kappa shape index (κ2) is 18.3. The number of ether oxygens (including phenoxy) is 2. The molecule has 349 valence electrons. The van der Waals surface area contributed by atoms with Crippen molar-refractivity contribution in [2.24, 2.45) is 0 Å². The Kier molecular flexibility index (Phi) is 10.8. The molecule has 3 heterocycles. The van der Waals surface area contributed by atoms with Gasteiger partial charge in [0.1, 0.15) is 23.0 Å². The minimum Gasteiger partial charge on any atom is -0.458 e. The van der Waals surface area contributed by atoms with Crippen LogP contribution in [0, 0.1) is 0 Å². The van der Waals surface area contributed by atoms with Gasteiger partial charge in [-0.25, -0.2) is 0 Å². The van der Waals surface area contributed by atoms with E-state index < -0.39 is 0 Å². The molecule has 0 fully saturated rings. The summed E-state index contributed by atoms with van der Waals surface area (Å²) in [5.41, 5.74) is 17.3. The number of hydrogen-bond donors (Lipinski definition) is 0. The molecule has 10 aromatic rings. The zero-order valence-electron chi connectivity index (χ0n) is 40.4. The van der Waals surface area contributed by atoms with Gasteiger partial charge >= 0.3 is 0 Å². The molecule has 8 heteroatoms. The molecule has 1 unspecified atom stereocenters. The first kappa shape index (κ1) is 43.4. The van der Waals surface area contributed by atoms with E-state index in [1.807, 2.05) is 0 Å². The lowest BCUT2D eigenvalue weighted by atomic mass is 9.33. The van der Waals surface area contributed by atoms with Crippen LogP contribution in [0.1, 0.15) is 6.42 Å². The Balaban J connectivity index is 0.975. The third kappa shape index (κ3) is 7.53. The first-order valence-electron chi connectivity index (χ1n) is 25.4. The van der Waals surface area contributed by atoms with Crippen LogP contribution in [0.2, 0.25) is 0 Å². The predicted octanol–water partition coefficient (Wildman–Crippen LogP) is 14.1. The van der Waals surface area contributed by atoms with Crippen molar-refractivity contribution in [3.63, 3.8) is 0 Å². The number of para-hydroxylation sites is 8. The van der Waals surface area contributed by atoms with Gasteiger partial charge in [0.05, 0.1) is 17.4 Å². The molecule has 0 bridgehead atoms. The Morgan fingerprint density at radius 1 is 0.446 bits per heavy atom. The molecular formula is C66H47B2N4O2. The fourth-order valence-electron chi connectivity index (χ4n) is 11.4. The number of allylic oxidation sites excluding steroid dienone is 1. The smallest absolute Gasteiger partial charge is 0.260 e. The average molecular weight is 950 g/mol. The van der Waals surface area contributed by atoms with E-state index in [0.29, 0.717) is 0 Å². The predicted molar refractivity (Wildman–Crippen MR) is 307 cm³/mol. The van der Waals surface area contributed by atoms with Crippen molar-refractivity contribution in [1.29, 1.82) is 0 Å². The second-order valence-electron chi connectivity index (χ2n) is 19.0. The van der Waals surface area contributed by atoms with Gasteiger partial charge in [-0.2, -0.15) is 0 Å². The molecule has 4 aliphatic rings. The number of anilines is 11. The first-order valence-corrected chi connectivity index (χ1v) is 25.4. The van der Waals surface area contributed by atoms with Gasteiger partial charge in [0.25, 0.3) is 6.71 Å². The molecule has 74 heavy (non-hydrogen) atoms. The van der Waals surface area contributed by atoms with Gasteiger partial charge in [0.15, 0.2) is 7.28 Å². The van der Waals surface area contributed by atoms with E-state index in [1.54, 1.807) is 0 Å². The van der Waals surface area contributed by atoms with Gasteiger partial charge < -0.3 is 29.1 Å². The van der Waals surface area contributed by atoms with Crippen LogP contribution in [-0.4, -0.2) is 20.0 Å². The number of nitrogens with zero attached hydrogens (tertiary/aromatic N) is 4. The number of rotatable bonds is 10. The molecule has 6 nitrogen and oxygen atoms in total. The van der Waals surface area contributed by atoms with Gasteiger partial charge in [0, 0.05) is 68.8 Å². The summed E-state index contributed by atoms with van der Waals surface area (Å²) in [6.45, 7) is -0.0855. The summed E-state index contributed by atoms with van der Waals surface area (Å²) in [6, 6.07) is 90.3. The maximum absolute atomic E-state index is 7.36. The van der Waals surface area contributed by atoms with Gasteiger partial charge in [-0.3, -0.25) is 0 Å². The molecule has 1 atom stereocenters. The summed E-state index contributed by atoms with van der Waals surface area (Å²) in [5.74, 6) is 3.30. The lowest BCUT2D eigenvalue weighted by molar-refractivity contribution is 0.424. The minimum atomic E-state index is -0.155. The molecule has 14 rings (SSSR count). The third-order valence-corrected chi connectivity index (χ3v) is 14.6. The van der Waals surface area contributed by atoms with Crippen LogP contribution in [0.3, 0.4) is 0 Å². The first-order chi connectivity index (χ1) is 36.7. The van der Waals surface area contributed by atoms with E-state index in [0.717, 1.165) is 119 Å². The summed E-state index contributed by atoms with van der Waals surface area (Å²) < 4.78 is 14.2. The normalized spacial score (nSPS) is 14.5. The highest BCUT2D eigenvalue weighted by atomic mass is 16.5. The van der Waals surface area contributed by atoms with E-state index in [-0.39, 0.29) is 12.8 Å². The zero-order chi connectivity index (χ0) is 49.0. The third-order valence-electron chi connectivity index (χ3n) is 14.6. The minimum absolute atomic E-state index is 0.0855. The quantitative estimate of drug-likeness (QED) is 0.127. The van der Waals surface area contributed by atoms with Crippen LogP contribution < -0.4 is 50.9 Å². The van der Waals surface area contributed by atoms with Crippen LogP contribution in [0.4, 0.5) is 62.6 Å². The molecule has 0 N–H and O–H groups in total. The second-order valence-corrected chi connectivity index (χ2v) is 19.0.